The van der Waals surface area contributed by atoms with Gasteiger partial charge in [0.15, 0.2) is 5.78 Å². The number of rotatable bonds is 10. The monoisotopic (exact) mass is 501 g/mol. The molecule has 8 nitrogen and oxygen atoms in total. The van der Waals surface area contributed by atoms with Crippen LogP contribution in [-0.2, 0) is 19.1 Å². The summed E-state index contributed by atoms with van der Waals surface area (Å²) in [6.07, 6.45) is 3.62. The molecule has 3 fully saturated rings. The van der Waals surface area contributed by atoms with E-state index < -0.39 is 12.1 Å². The minimum absolute atomic E-state index is 0.0216. The van der Waals surface area contributed by atoms with Crippen LogP contribution in [0.25, 0.3) is 0 Å². The zero-order valence-corrected chi connectivity index (χ0v) is 20.9. The highest BCUT2D eigenvalue weighted by atomic mass is 19.1. The third kappa shape index (κ3) is 6.57. The van der Waals surface area contributed by atoms with E-state index in [2.05, 4.69) is 0 Å². The van der Waals surface area contributed by atoms with Crippen LogP contribution < -0.4 is 0 Å². The van der Waals surface area contributed by atoms with E-state index in [1.807, 2.05) is 15.9 Å². The quantitative estimate of drug-likeness (QED) is 0.387. The van der Waals surface area contributed by atoms with Gasteiger partial charge in [0.2, 0.25) is 5.91 Å². The van der Waals surface area contributed by atoms with Crippen LogP contribution in [0, 0.1) is 11.7 Å². The summed E-state index contributed by atoms with van der Waals surface area (Å²) >= 11 is 0. The number of aliphatic hydroxyl groups excluding tert-OH is 1. The number of Topliss-reactive ketones (excluding diaryl/α,β-unsaturated/α-hetero) is 1. The van der Waals surface area contributed by atoms with Gasteiger partial charge in [0, 0.05) is 50.7 Å². The Hall–Kier alpha value is -2.62. The molecule has 1 aromatic carbocycles. The van der Waals surface area contributed by atoms with E-state index in [9.17, 15) is 23.9 Å². The molecule has 3 aliphatic rings. The molecule has 0 radical (unpaired) electrons. The van der Waals surface area contributed by atoms with Crippen LogP contribution in [0.15, 0.2) is 35.9 Å². The molecule has 1 aromatic rings. The van der Waals surface area contributed by atoms with Crippen molar-refractivity contribution in [3.05, 3.63) is 47.3 Å². The topological polar surface area (TPSA) is 90.4 Å². The zero-order chi connectivity index (χ0) is 25.7. The number of piperidine rings is 1. The van der Waals surface area contributed by atoms with Crippen molar-refractivity contribution in [3.8, 4) is 0 Å². The number of hydrogen-bond acceptors (Lipinski definition) is 7. The van der Waals surface area contributed by atoms with E-state index in [1.54, 1.807) is 30.0 Å². The number of carbonyl (C=O) groups is 3. The Kier molecular flexibility index (Phi) is 8.87. The first-order chi connectivity index (χ1) is 17.4. The molecule has 1 amide bonds. The SMILES string of the molecule is CCOC(=O)CCN1CCN(C/C=C2/CN(C(C(=O)C3CC3)c3ccccc3F)CCC2O)C(=O)C1. The minimum atomic E-state index is -0.667. The molecule has 1 N–H and O–H groups in total. The second-order valence-corrected chi connectivity index (χ2v) is 9.83. The fraction of sp³-hybridized carbons (Fsp3) is 0.593. The van der Waals surface area contributed by atoms with Crippen LogP contribution in [0.3, 0.4) is 0 Å². The number of esters is 1. The van der Waals surface area contributed by atoms with E-state index in [0.717, 1.165) is 18.4 Å². The predicted molar refractivity (Wildman–Crippen MR) is 131 cm³/mol. The molecule has 4 rings (SSSR count). The first-order valence-electron chi connectivity index (χ1n) is 12.9. The summed E-state index contributed by atoms with van der Waals surface area (Å²) in [4.78, 5) is 43.1. The number of halogens is 1. The zero-order valence-electron chi connectivity index (χ0n) is 20.9. The summed E-state index contributed by atoms with van der Waals surface area (Å²) in [5, 5.41) is 10.6. The van der Waals surface area contributed by atoms with Gasteiger partial charge in [0.25, 0.3) is 0 Å². The van der Waals surface area contributed by atoms with Crippen molar-refractivity contribution in [2.45, 2.75) is 44.8 Å². The molecule has 0 aromatic heterocycles. The van der Waals surface area contributed by atoms with Crippen LogP contribution in [0.5, 0.6) is 0 Å². The Morgan fingerprint density at radius 2 is 1.94 bits per heavy atom. The van der Waals surface area contributed by atoms with E-state index in [-0.39, 0.29) is 42.4 Å². The van der Waals surface area contributed by atoms with Crippen molar-refractivity contribution in [2.75, 3.05) is 52.4 Å². The minimum Gasteiger partial charge on any atom is -0.466 e. The lowest BCUT2D eigenvalue weighted by Gasteiger charge is -2.38. The standard InChI is InChI=1S/C27H36FN3O5/c1-2-36-25(34)11-12-29-15-16-30(24(33)18-29)13-9-20-17-31(14-10-23(20)32)26(27(35)19-7-8-19)21-5-3-4-6-22(21)28/h3-6,9,19,23,26,32H,2,7-8,10-18H2,1H3/b20-9-. The number of amides is 1. The second-order valence-electron chi connectivity index (χ2n) is 9.83. The molecular weight excluding hydrogens is 465 g/mol. The average molecular weight is 502 g/mol. The number of likely N-dealkylation sites (tertiary alicyclic amines) is 1. The number of ether oxygens (including phenoxy) is 1. The van der Waals surface area contributed by atoms with Crippen molar-refractivity contribution in [1.29, 1.82) is 0 Å². The molecule has 196 valence electrons. The normalized spacial score (nSPS) is 23.6. The molecule has 0 spiro atoms. The largest absolute Gasteiger partial charge is 0.466 e. The maximum Gasteiger partial charge on any atom is 0.307 e. The van der Waals surface area contributed by atoms with Gasteiger partial charge in [-0.2, -0.15) is 0 Å². The Labute approximate surface area is 211 Å². The van der Waals surface area contributed by atoms with Crippen LogP contribution in [0.2, 0.25) is 0 Å². The second kappa shape index (κ2) is 12.1. The Balaban J connectivity index is 1.38. The molecule has 2 aliphatic heterocycles. The molecule has 2 atom stereocenters. The molecule has 0 bridgehead atoms. The van der Waals surface area contributed by atoms with Crippen LogP contribution in [0.1, 0.15) is 44.2 Å². The van der Waals surface area contributed by atoms with Gasteiger partial charge in [-0.05, 0) is 37.8 Å². The number of carbonyl (C=O) groups excluding carboxylic acids is 3. The summed E-state index contributed by atoms with van der Waals surface area (Å²) in [5.74, 6) is -0.657. The molecule has 1 aliphatic carbocycles. The van der Waals surface area contributed by atoms with E-state index >= 15 is 0 Å². The number of ketones is 1. The summed E-state index contributed by atoms with van der Waals surface area (Å²) in [6, 6.07) is 5.76. The first kappa shape index (κ1) is 26.4. The molecule has 2 heterocycles. The van der Waals surface area contributed by atoms with Gasteiger partial charge >= 0.3 is 5.97 Å². The molecule has 9 heteroatoms. The summed E-state index contributed by atoms with van der Waals surface area (Å²) in [5.41, 5.74) is 1.14. The lowest BCUT2D eigenvalue weighted by molar-refractivity contribution is -0.144. The third-order valence-corrected chi connectivity index (χ3v) is 7.23. The number of hydrogen-bond donors (Lipinski definition) is 1. The number of benzene rings is 1. The Morgan fingerprint density at radius 1 is 1.17 bits per heavy atom. The van der Waals surface area contributed by atoms with Crippen molar-refractivity contribution < 1.29 is 28.6 Å². The van der Waals surface area contributed by atoms with Gasteiger partial charge in [-0.1, -0.05) is 24.3 Å². The smallest absolute Gasteiger partial charge is 0.307 e. The molecule has 36 heavy (non-hydrogen) atoms. The molecule has 2 unspecified atom stereocenters. The molecule has 1 saturated carbocycles. The average Bonchev–Trinajstić information content (AvgIpc) is 3.71. The number of aliphatic hydroxyl groups is 1. The van der Waals surface area contributed by atoms with Gasteiger partial charge in [-0.15, -0.1) is 0 Å². The highest BCUT2D eigenvalue weighted by Gasteiger charge is 2.41. The maximum absolute atomic E-state index is 14.7. The molecular formula is C27H36FN3O5. The van der Waals surface area contributed by atoms with E-state index in [1.165, 1.54) is 6.07 Å². The maximum atomic E-state index is 14.7. The summed E-state index contributed by atoms with van der Waals surface area (Å²) < 4.78 is 19.6. The van der Waals surface area contributed by atoms with Crippen LogP contribution in [-0.4, -0.2) is 96.0 Å². The van der Waals surface area contributed by atoms with Crippen molar-refractivity contribution in [1.82, 2.24) is 14.7 Å². The van der Waals surface area contributed by atoms with Gasteiger partial charge in [-0.25, -0.2) is 4.39 Å². The first-order valence-corrected chi connectivity index (χ1v) is 12.9. The molecule has 2 saturated heterocycles. The number of nitrogens with zero attached hydrogens (tertiary/aromatic N) is 3. The van der Waals surface area contributed by atoms with Gasteiger partial charge in [0.05, 0.1) is 31.7 Å². The van der Waals surface area contributed by atoms with Crippen molar-refractivity contribution >= 4 is 17.7 Å². The Morgan fingerprint density at radius 3 is 2.64 bits per heavy atom. The van der Waals surface area contributed by atoms with Gasteiger partial charge in [0.1, 0.15) is 5.82 Å². The fourth-order valence-electron chi connectivity index (χ4n) is 4.98. The van der Waals surface area contributed by atoms with Crippen molar-refractivity contribution in [2.24, 2.45) is 5.92 Å². The lowest BCUT2D eigenvalue weighted by atomic mass is 9.92. The number of piperazine rings is 1. The van der Waals surface area contributed by atoms with E-state index in [0.29, 0.717) is 57.9 Å². The van der Waals surface area contributed by atoms with Crippen LogP contribution in [0.4, 0.5) is 4.39 Å². The van der Waals surface area contributed by atoms with Gasteiger partial charge < -0.3 is 14.7 Å². The van der Waals surface area contributed by atoms with Crippen molar-refractivity contribution in [3.63, 3.8) is 0 Å². The van der Waals surface area contributed by atoms with E-state index in [4.69, 9.17) is 4.74 Å². The third-order valence-electron chi connectivity index (χ3n) is 7.23. The van der Waals surface area contributed by atoms with Gasteiger partial charge in [-0.3, -0.25) is 24.2 Å². The summed E-state index contributed by atoms with van der Waals surface area (Å²) in [7, 11) is 0. The highest BCUT2D eigenvalue weighted by Crippen LogP contribution is 2.39. The predicted octanol–water partition coefficient (Wildman–Crippen LogP) is 1.94. The summed E-state index contributed by atoms with van der Waals surface area (Å²) in [6.45, 7) is 5.24. The lowest BCUT2D eigenvalue weighted by Crippen LogP contribution is -2.51. The Bertz CT molecular complexity index is 995. The van der Waals surface area contributed by atoms with Crippen LogP contribution >= 0.6 is 0 Å². The fourth-order valence-corrected chi connectivity index (χ4v) is 4.98. The highest BCUT2D eigenvalue weighted by molar-refractivity contribution is 5.89.